The number of carbonyl (C=O) groups excluding carboxylic acids is 1. The Labute approximate surface area is 108 Å². The van der Waals surface area contributed by atoms with E-state index in [1.807, 2.05) is 17.0 Å². The number of carbonyl (C=O) groups is 1. The third-order valence-electron chi connectivity index (χ3n) is 2.72. The fourth-order valence-electron chi connectivity index (χ4n) is 1.80. The van der Waals surface area contributed by atoms with E-state index in [0.717, 1.165) is 10.2 Å². The van der Waals surface area contributed by atoms with Crippen molar-refractivity contribution in [3.05, 3.63) is 28.5 Å². The fraction of sp³-hybridized carbons (Fsp3) is 0.455. The molecule has 0 aliphatic carbocycles. The first-order valence-corrected chi connectivity index (χ1v) is 6.17. The van der Waals surface area contributed by atoms with Crippen molar-refractivity contribution >= 4 is 21.8 Å². The monoisotopic (exact) mass is 299 g/mol. The largest absolute Gasteiger partial charge is 0.378 e. The molecule has 1 atom stereocenters. The van der Waals surface area contributed by atoms with Crippen LogP contribution in [0.25, 0.3) is 0 Å². The number of hydrogen-bond donors (Lipinski definition) is 1. The minimum atomic E-state index is -0.353. The Morgan fingerprint density at radius 3 is 3.12 bits per heavy atom. The summed E-state index contributed by atoms with van der Waals surface area (Å²) >= 11 is 3.34. The van der Waals surface area contributed by atoms with Crippen molar-refractivity contribution in [3.8, 4) is 0 Å². The molecule has 0 bridgehead atoms. The maximum absolute atomic E-state index is 11.3. The molecule has 1 aromatic rings. The molecule has 0 radical (unpaired) electrons. The SMILES string of the molecule is NC(=O)C1COCCN1Cc1ccc(Br)cn1. The number of amides is 1. The van der Waals surface area contributed by atoms with Crippen LogP contribution in [-0.2, 0) is 16.1 Å². The Bertz CT molecular complexity index is 396. The molecule has 2 rings (SSSR count). The van der Waals surface area contributed by atoms with Gasteiger partial charge in [0.25, 0.3) is 0 Å². The van der Waals surface area contributed by atoms with E-state index in [1.54, 1.807) is 6.20 Å². The molecular formula is C11H14BrN3O2. The van der Waals surface area contributed by atoms with Crippen LogP contribution in [0.5, 0.6) is 0 Å². The molecule has 2 N–H and O–H groups in total. The lowest BCUT2D eigenvalue weighted by atomic mass is 10.2. The van der Waals surface area contributed by atoms with Crippen LogP contribution in [-0.4, -0.2) is 41.6 Å². The van der Waals surface area contributed by atoms with Crippen LogP contribution in [0.4, 0.5) is 0 Å². The zero-order valence-corrected chi connectivity index (χ0v) is 10.9. The Balaban J connectivity index is 2.05. The highest BCUT2D eigenvalue weighted by molar-refractivity contribution is 9.10. The average Bonchev–Trinajstić information content (AvgIpc) is 2.32. The Morgan fingerprint density at radius 1 is 1.65 bits per heavy atom. The van der Waals surface area contributed by atoms with Gasteiger partial charge >= 0.3 is 0 Å². The first-order valence-electron chi connectivity index (χ1n) is 5.38. The summed E-state index contributed by atoms with van der Waals surface area (Å²) in [6.45, 7) is 2.31. The number of rotatable bonds is 3. The topological polar surface area (TPSA) is 68.5 Å². The Hall–Kier alpha value is -0.980. The molecule has 1 unspecified atom stereocenters. The number of ether oxygens (including phenoxy) is 1. The van der Waals surface area contributed by atoms with Gasteiger partial charge in [0.2, 0.25) is 5.91 Å². The molecule has 1 saturated heterocycles. The van der Waals surface area contributed by atoms with Gasteiger partial charge in [-0.2, -0.15) is 0 Å². The van der Waals surface area contributed by atoms with Crippen molar-refractivity contribution in [2.45, 2.75) is 12.6 Å². The predicted octanol–water partition coefficient (Wildman–Crippen LogP) is 0.530. The maximum atomic E-state index is 11.3. The minimum Gasteiger partial charge on any atom is -0.378 e. The van der Waals surface area contributed by atoms with E-state index >= 15 is 0 Å². The van der Waals surface area contributed by atoms with Crippen molar-refractivity contribution in [2.75, 3.05) is 19.8 Å². The van der Waals surface area contributed by atoms with Gasteiger partial charge in [0, 0.05) is 23.8 Å². The predicted molar refractivity (Wildman–Crippen MR) is 66.1 cm³/mol. The molecule has 17 heavy (non-hydrogen) atoms. The number of nitrogens with zero attached hydrogens (tertiary/aromatic N) is 2. The standard InChI is InChI=1S/C11H14BrN3O2/c12-8-1-2-9(14-5-8)6-15-3-4-17-7-10(15)11(13)16/h1-2,5,10H,3-4,6-7H2,(H2,13,16). The quantitative estimate of drug-likeness (QED) is 0.884. The first kappa shape index (κ1) is 12.5. The number of primary amides is 1. The second-order valence-electron chi connectivity index (χ2n) is 3.93. The van der Waals surface area contributed by atoms with E-state index in [-0.39, 0.29) is 11.9 Å². The van der Waals surface area contributed by atoms with E-state index in [0.29, 0.717) is 26.3 Å². The molecule has 1 aromatic heterocycles. The van der Waals surface area contributed by atoms with Gasteiger partial charge in [0.15, 0.2) is 0 Å². The summed E-state index contributed by atoms with van der Waals surface area (Å²) in [5.41, 5.74) is 6.26. The maximum Gasteiger partial charge on any atom is 0.237 e. The van der Waals surface area contributed by atoms with Crippen LogP contribution in [0.3, 0.4) is 0 Å². The molecule has 92 valence electrons. The summed E-state index contributed by atoms with van der Waals surface area (Å²) in [4.78, 5) is 17.6. The number of morpholine rings is 1. The van der Waals surface area contributed by atoms with Crippen LogP contribution in [0.15, 0.2) is 22.8 Å². The van der Waals surface area contributed by atoms with E-state index in [1.165, 1.54) is 0 Å². The molecule has 2 heterocycles. The number of hydrogen-bond acceptors (Lipinski definition) is 4. The van der Waals surface area contributed by atoms with Crippen molar-refractivity contribution in [3.63, 3.8) is 0 Å². The Morgan fingerprint density at radius 2 is 2.47 bits per heavy atom. The molecule has 1 aliphatic heterocycles. The molecule has 0 aromatic carbocycles. The second kappa shape index (κ2) is 5.57. The van der Waals surface area contributed by atoms with Crippen LogP contribution in [0, 0.1) is 0 Å². The van der Waals surface area contributed by atoms with Gasteiger partial charge in [0.1, 0.15) is 6.04 Å². The van der Waals surface area contributed by atoms with Crippen molar-refractivity contribution in [1.29, 1.82) is 0 Å². The highest BCUT2D eigenvalue weighted by Gasteiger charge is 2.27. The Kier molecular flexibility index (Phi) is 4.09. The van der Waals surface area contributed by atoms with E-state index in [2.05, 4.69) is 20.9 Å². The van der Waals surface area contributed by atoms with Gasteiger partial charge in [-0.05, 0) is 28.1 Å². The zero-order valence-electron chi connectivity index (χ0n) is 9.30. The summed E-state index contributed by atoms with van der Waals surface area (Å²) in [6.07, 6.45) is 1.75. The van der Waals surface area contributed by atoms with Crippen LogP contribution < -0.4 is 5.73 Å². The molecule has 1 aliphatic rings. The number of halogens is 1. The summed E-state index contributed by atoms with van der Waals surface area (Å²) in [5, 5.41) is 0. The van der Waals surface area contributed by atoms with E-state index in [9.17, 15) is 4.79 Å². The normalized spacial score (nSPS) is 21.4. The van der Waals surface area contributed by atoms with Gasteiger partial charge in [-0.25, -0.2) is 0 Å². The first-order chi connectivity index (χ1) is 8.16. The molecule has 6 heteroatoms. The average molecular weight is 300 g/mol. The molecule has 1 amide bonds. The zero-order chi connectivity index (χ0) is 12.3. The van der Waals surface area contributed by atoms with Crippen molar-refractivity contribution in [1.82, 2.24) is 9.88 Å². The second-order valence-corrected chi connectivity index (χ2v) is 4.85. The van der Waals surface area contributed by atoms with E-state index < -0.39 is 0 Å². The van der Waals surface area contributed by atoms with Gasteiger partial charge in [-0.3, -0.25) is 14.7 Å². The molecule has 0 spiro atoms. The summed E-state index contributed by atoms with van der Waals surface area (Å²) < 4.78 is 6.20. The summed E-state index contributed by atoms with van der Waals surface area (Å²) in [7, 11) is 0. The fourth-order valence-corrected chi connectivity index (χ4v) is 2.03. The van der Waals surface area contributed by atoms with Crippen LogP contribution in [0.2, 0.25) is 0 Å². The molecule has 5 nitrogen and oxygen atoms in total. The lowest BCUT2D eigenvalue weighted by Crippen LogP contribution is -2.51. The third kappa shape index (κ3) is 3.24. The summed E-state index contributed by atoms with van der Waals surface area (Å²) in [6, 6.07) is 3.51. The van der Waals surface area contributed by atoms with Gasteiger partial charge in [-0.1, -0.05) is 0 Å². The smallest absolute Gasteiger partial charge is 0.237 e. The molecule has 0 saturated carbocycles. The van der Waals surface area contributed by atoms with Crippen LogP contribution in [0.1, 0.15) is 5.69 Å². The molecular weight excluding hydrogens is 286 g/mol. The number of nitrogens with two attached hydrogens (primary N) is 1. The van der Waals surface area contributed by atoms with Gasteiger partial charge in [0.05, 0.1) is 18.9 Å². The van der Waals surface area contributed by atoms with Gasteiger partial charge in [-0.15, -0.1) is 0 Å². The number of aromatic nitrogens is 1. The van der Waals surface area contributed by atoms with Gasteiger partial charge < -0.3 is 10.5 Å². The van der Waals surface area contributed by atoms with Crippen molar-refractivity contribution < 1.29 is 9.53 Å². The lowest BCUT2D eigenvalue weighted by Gasteiger charge is -2.33. The highest BCUT2D eigenvalue weighted by atomic mass is 79.9. The third-order valence-corrected chi connectivity index (χ3v) is 3.19. The van der Waals surface area contributed by atoms with Crippen molar-refractivity contribution in [2.24, 2.45) is 5.73 Å². The minimum absolute atomic E-state index is 0.346. The van der Waals surface area contributed by atoms with E-state index in [4.69, 9.17) is 10.5 Å². The lowest BCUT2D eigenvalue weighted by molar-refractivity contribution is -0.129. The highest BCUT2D eigenvalue weighted by Crippen LogP contribution is 2.13. The molecule has 1 fully saturated rings. The summed E-state index contributed by atoms with van der Waals surface area (Å²) in [5.74, 6) is -0.346. The van der Waals surface area contributed by atoms with Crippen LogP contribution >= 0.6 is 15.9 Å². The number of pyridine rings is 1.